The van der Waals surface area contributed by atoms with Crippen LogP contribution in [0, 0.1) is 12.8 Å². The first-order valence-corrected chi connectivity index (χ1v) is 5.66. The van der Waals surface area contributed by atoms with Crippen LogP contribution < -0.4 is 10.6 Å². The lowest BCUT2D eigenvalue weighted by Crippen LogP contribution is -2.31. The molecule has 2 heterocycles. The Hall–Kier alpha value is -1.42. The fourth-order valence-corrected chi connectivity index (χ4v) is 1.90. The molecule has 1 saturated heterocycles. The molecule has 0 aliphatic carbocycles. The maximum absolute atomic E-state index is 11.8. The van der Waals surface area contributed by atoms with Gasteiger partial charge in [-0.2, -0.15) is 0 Å². The Bertz CT molecular complexity index is 372. The second-order valence-electron chi connectivity index (χ2n) is 4.17. The lowest BCUT2D eigenvalue weighted by atomic mass is 10.1. The minimum absolute atomic E-state index is 0.129. The van der Waals surface area contributed by atoms with E-state index in [-0.39, 0.29) is 11.8 Å². The topological polar surface area (TPSA) is 54.0 Å². The number of nitrogens with one attached hydrogen (secondary N) is 2. The molecular formula is C12H17N3O. The molecule has 1 atom stereocenters. The van der Waals surface area contributed by atoms with Gasteiger partial charge in [-0.3, -0.25) is 9.78 Å². The monoisotopic (exact) mass is 219 g/mol. The second-order valence-corrected chi connectivity index (χ2v) is 4.17. The summed E-state index contributed by atoms with van der Waals surface area (Å²) in [6.45, 7) is 4.28. The molecule has 16 heavy (non-hydrogen) atoms. The van der Waals surface area contributed by atoms with Gasteiger partial charge >= 0.3 is 0 Å². The third-order valence-electron chi connectivity index (χ3n) is 2.98. The normalized spacial score (nSPS) is 19.7. The van der Waals surface area contributed by atoms with Gasteiger partial charge in [0.25, 0.3) is 0 Å². The van der Waals surface area contributed by atoms with E-state index in [4.69, 9.17) is 0 Å². The van der Waals surface area contributed by atoms with Crippen LogP contribution in [0.15, 0.2) is 18.3 Å². The van der Waals surface area contributed by atoms with Crippen molar-refractivity contribution in [2.75, 3.05) is 13.1 Å². The molecule has 2 N–H and O–H groups in total. The molecule has 1 fully saturated rings. The number of carbonyl (C=O) groups is 1. The van der Waals surface area contributed by atoms with E-state index >= 15 is 0 Å². The average Bonchev–Trinajstić information content (AvgIpc) is 2.81. The molecule has 4 heteroatoms. The molecule has 1 amide bonds. The first-order chi connectivity index (χ1) is 7.77. The first-order valence-electron chi connectivity index (χ1n) is 5.66. The second kappa shape index (κ2) is 5.07. The molecule has 0 spiro atoms. The van der Waals surface area contributed by atoms with E-state index in [0.29, 0.717) is 6.54 Å². The quantitative estimate of drug-likeness (QED) is 0.783. The van der Waals surface area contributed by atoms with Gasteiger partial charge in [-0.05, 0) is 31.5 Å². The Labute approximate surface area is 95.5 Å². The fourth-order valence-electron chi connectivity index (χ4n) is 1.90. The predicted molar refractivity (Wildman–Crippen MR) is 61.8 cm³/mol. The van der Waals surface area contributed by atoms with Gasteiger partial charge in [-0.25, -0.2) is 0 Å². The third kappa shape index (κ3) is 2.58. The number of hydrogen-bond donors (Lipinski definition) is 2. The Morgan fingerprint density at radius 1 is 1.69 bits per heavy atom. The van der Waals surface area contributed by atoms with Crippen molar-refractivity contribution in [1.82, 2.24) is 15.6 Å². The fraction of sp³-hybridized carbons (Fsp3) is 0.500. The highest BCUT2D eigenvalue weighted by molar-refractivity contribution is 5.79. The Balaban J connectivity index is 1.87. The van der Waals surface area contributed by atoms with E-state index in [1.807, 2.05) is 19.1 Å². The van der Waals surface area contributed by atoms with Crippen molar-refractivity contribution in [3.05, 3.63) is 29.6 Å². The van der Waals surface area contributed by atoms with Crippen molar-refractivity contribution >= 4 is 5.91 Å². The summed E-state index contributed by atoms with van der Waals surface area (Å²) in [7, 11) is 0. The van der Waals surface area contributed by atoms with Crippen molar-refractivity contribution in [3.63, 3.8) is 0 Å². The van der Waals surface area contributed by atoms with Gasteiger partial charge in [0, 0.05) is 12.7 Å². The predicted octanol–water partition coefficient (Wildman–Crippen LogP) is 0.616. The van der Waals surface area contributed by atoms with Crippen LogP contribution in [0.4, 0.5) is 0 Å². The number of rotatable bonds is 3. The molecule has 0 aromatic carbocycles. The van der Waals surface area contributed by atoms with E-state index in [9.17, 15) is 4.79 Å². The van der Waals surface area contributed by atoms with Gasteiger partial charge in [0.15, 0.2) is 0 Å². The Morgan fingerprint density at radius 2 is 2.56 bits per heavy atom. The molecule has 4 nitrogen and oxygen atoms in total. The van der Waals surface area contributed by atoms with Gasteiger partial charge in [0.2, 0.25) is 5.91 Å². The number of nitrogens with zero attached hydrogens (tertiary/aromatic N) is 1. The number of amides is 1. The SMILES string of the molecule is Cc1cccnc1CNC(=O)C1CCNC1. The highest BCUT2D eigenvalue weighted by atomic mass is 16.1. The number of hydrogen-bond acceptors (Lipinski definition) is 3. The Kier molecular flexibility index (Phi) is 3.51. The van der Waals surface area contributed by atoms with Crippen LogP contribution in [0.1, 0.15) is 17.7 Å². The van der Waals surface area contributed by atoms with Crippen molar-refractivity contribution in [1.29, 1.82) is 0 Å². The van der Waals surface area contributed by atoms with Crippen LogP contribution in [0.5, 0.6) is 0 Å². The highest BCUT2D eigenvalue weighted by Crippen LogP contribution is 2.08. The summed E-state index contributed by atoms with van der Waals surface area (Å²) < 4.78 is 0. The van der Waals surface area contributed by atoms with E-state index in [2.05, 4.69) is 15.6 Å². The van der Waals surface area contributed by atoms with Crippen LogP contribution in [0.2, 0.25) is 0 Å². The summed E-state index contributed by atoms with van der Waals surface area (Å²) >= 11 is 0. The van der Waals surface area contributed by atoms with Crippen LogP contribution in [-0.4, -0.2) is 24.0 Å². The smallest absolute Gasteiger partial charge is 0.224 e. The number of aryl methyl sites for hydroxylation is 1. The molecule has 0 bridgehead atoms. The molecule has 2 rings (SSSR count). The van der Waals surface area contributed by atoms with E-state index in [1.54, 1.807) is 6.20 Å². The summed E-state index contributed by atoms with van der Waals surface area (Å²) in [5, 5.41) is 6.13. The summed E-state index contributed by atoms with van der Waals surface area (Å²) in [5.41, 5.74) is 2.06. The van der Waals surface area contributed by atoms with Gasteiger partial charge in [-0.15, -0.1) is 0 Å². The van der Waals surface area contributed by atoms with Gasteiger partial charge in [0.1, 0.15) is 0 Å². The molecule has 1 aromatic rings. The lowest BCUT2D eigenvalue weighted by molar-refractivity contribution is -0.124. The van der Waals surface area contributed by atoms with Crippen LogP contribution in [0.3, 0.4) is 0 Å². The molecule has 1 aromatic heterocycles. The molecule has 1 unspecified atom stereocenters. The van der Waals surface area contributed by atoms with Gasteiger partial charge in [-0.1, -0.05) is 6.07 Å². The van der Waals surface area contributed by atoms with E-state index < -0.39 is 0 Å². The highest BCUT2D eigenvalue weighted by Gasteiger charge is 2.21. The van der Waals surface area contributed by atoms with Crippen molar-refractivity contribution in [2.45, 2.75) is 19.9 Å². The standard InChI is InChI=1S/C12H17N3O/c1-9-3-2-5-14-11(9)8-15-12(16)10-4-6-13-7-10/h2-3,5,10,13H,4,6-8H2,1H3,(H,15,16). The van der Waals surface area contributed by atoms with Gasteiger partial charge < -0.3 is 10.6 Å². The molecular weight excluding hydrogens is 202 g/mol. The summed E-state index contributed by atoms with van der Waals surface area (Å²) in [4.78, 5) is 16.0. The maximum atomic E-state index is 11.8. The Morgan fingerprint density at radius 3 is 3.25 bits per heavy atom. The summed E-state index contributed by atoms with van der Waals surface area (Å²) in [6.07, 6.45) is 2.69. The number of pyridine rings is 1. The minimum atomic E-state index is 0.129. The average molecular weight is 219 g/mol. The summed E-state index contributed by atoms with van der Waals surface area (Å²) in [5.74, 6) is 0.263. The zero-order valence-electron chi connectivity index (χ0n) is 9.49. The zero-order chi connectivity index (χ0) is 11.4. The zero-order valence-corrected chi connectivity index (χ0v) is 9.49. The molecule has 86 valence electrons. The van der Waals surface area contributed by atoms with Crippen LogP contribution in [0.25, 0.3) is 0 Å². The minimum Gasteiger partial charge on any atom is -0.350 e. The molecule has 0 saturated carbocycles. The molecule has 1 aliphatic heterocycles. The number of aromatic nitrogens is 1. The van der Waals surface area contributed by atoms with Gasteiger partial charge in [0.05, 0.1) is 18.2 Å². The van der Waals surface area contributed by atoms with E-state index in [1.165, 1.54) is 0 Å². The van der Waals surface area contributed by atoms with Crippen molar-refractivity contribution < 1.29 is 4.79 Å². The maximum Gasteiger partial charge on any atom is 0.224 e. The third-order valence-corrected chi connectivity index (χ3v) is 2.98. The van der Waals surface area contributed by atoms with Crippen LogP contribution >= 0.6 is 0 Å². The number of carbonyl (C=O) groups excluding carboxylic acids is 1. The largest absolute Gasteiger partial charge is 0.350 e. The van der Waals surface area contributed by atoms with Crippen molar-refractivity contribution in [3.8, 4) is 0 Å². The lowest BCUT2D eigenvalue weighted by Gasteiger charge is -2.10. The molecule has 1 aliphatic rings. The molecule has 0 radical (unpaired) electrons. The first kappa shape index (κ1) is 11.1. The van der Waals surface area contributed by atoms with E-state index in [0.717, 1.165) is 30.8 Å². The van der Waals surface area contributed by atoms with Crippen molar-refractivity contribution in [2.24, 2.45) is 5.92 Å². The summed E-state index contributed by atoms with van der Waals surface area (Å²) in [6, 6.07) is 3.91. The van der Waals surface area contributed by atoms with Crippen LogP contribution in [-0.2, 0) is 11.3 Å².